The highest BCUT2D eigenvalue weighted by molar-refractivity contribution is 5.79. The fourth-order valence-electron chi connectivity index (χ4n) is 1.83. The van der Waals surface area contributed by atoms with Crippen molar-refractivity contribution in [2.24, 2.45) is 0 Å². The van der Waals surface area contributed by atoms with Gasteiger partial charge in [-0.05, 0) is 18.1 Å². The Bertz CT molecular complexity index is 282. The highest BCUT2D eigenvalue weighted by Crippen LogP contribution is 2.07. The maximum atomic E-state index is 11.0. The van der Waals surface area contributed by atoms with Crippen molar-refractivity contribution in [1.29, 1.82) is 0 Å². The number of Topliss-reactive ketones (excluding diaryl/α,β-unsaturated/α-hetero) is 1. The van der Waals surface area contributed by atoms with Crippen molar-refractivity contribution in [3.63, 3.8) is 0 Å². The number of carbonyl (C=O) groups excluding carboxylic acids is 1. The van der Waals surface area contributed by atoms with Gasteiger partial charge >= 0.3 is 0 Å². The van der Waals surface area contributed by atoms with Crippen LogP contribution in [-0.4, -0.2) is 35.3 Å². The van der Waals surface area contributed by atoms with E-state index in [0.717, 1.165) is 38.9 Å². The van der Waals surface area contributed by atoms with Gasteiger partial charge in [0.05, 0.1) is 0 Å². The SMILES string of the molecule is O=C1CCN(CCc2cc[nH]c2)CC1. The van der Waals surface area contributed by atoms with Crippen molar-refractivity contribution in [3.8, 4) is 0 Å². The monoisotopic (exact) mass is 192 g/mol. The van der Waals surface area contributed by atoms with Crippen LogP contribution < -0.4 is 0 Å². The minimum absolute atomic E-state index is 0.419. The minimum atomic E-state index is 0.419. The van der Waals surface area contributed by atoms with E-state index in [-0.39, 0.29) is 0 Å². The van der Waals surface area contributed by atoms with E-state index in [0.29, 0.717) is 5.78 Å². The van der Waals surface area contributed by atoms with Gasteiger partial charge in [-0.3, -0.25) is 4.79 Å². The Morgan fingerprint density at radius 2 is 2.14 bits per heavy atom. The Labute approximate surface area is 84.1 Å². The molecule has 0 radical (unpaired) electrons. The molecule has 0 atom stereocenters. The van der Waals surface area contributed by atoms with Gasteiger partial charge in [-0.2, -0.15) is 0 Å². The van der Waals surface area contributed by atoms with Crippen molar-refractivity contribution < 1.29 is 4.79 Å². The largest absolute Gasteiger partial charge is 0.367 e. The van der Waals surface area contributed by atoms with Crippen molar-refractivity contribution >= 4 is 5.78 Å². The van der Waals surface area contributed by atoms with Crippen LogP contribution in [0.3, 0.4) is 0 Å². The molecule has 2 heterocycles. The first kappa shape index (κ1) is 9.46. The minimum Gasteiger partial charge on any atom is -0.367 e. The van der Waals surface area contributed by atoms with E-state index in [9.17, 15) is 4.79 Å². The molecule has 1 fully saturated rings. The van der Waals surface area contributed by atoms with Gasteiger partial charge in [0.1, 0.15) is 5.78 Å². The van der Waals surface area contributed by atoms with E-state index in [1.165, 1.54) is 5.56 Å². The Morgan fingerprint density at radius 3 is 2.79 bits per heavy atom. The van der Waals surface area contributed by atoms with Crippen molar-refractivity contribution in [3.05, 3.63) is 24.0 Å². The predicted octanol–water partition coefficient (Wildman–Crippen LogP) is 1.22. The van der Waals surface area contributed by atoms with Gasteiger partial charge in [0.2, 0.25) is 0 Å². The third-order valence-electron chi connectivity index (χ3n) is 2.79. The molecule has 1 aliphatic heterocycles. The molecule has 3 nitrogen and oxygen atoms in total. The lowest BCUT2D eigenvalue weighted by Crippen LogP contribution is -2.35. The summed E-state index contributed by atoms with van der Waals surface area (Å²) in [4.78, 5) is 16.4. The van der Waals surface area contributed by atoms with Crippen molar-refractivity contribution in [1.82, 2.24) is 9.88 Å². The molecule has 14 heavy (non-hydrogen) atoms. The zero-order valence-electron chi connectivity index (χ0n) is 8.33. The van der Waals surface area contributed by atoms with Crippen LogP contribution in [0.25, 0.3) is 0 Å². The van der Waals surface area contributed by atoms with Crippen LogP contribution in [0.1, 0.15) is 18.4 Å². The standard InChI is InChI=1S/C11H16N2O/c14-11-3-7-13(8-4-11)6-2-10-1-5-12-9-10/h1,5,9,12H,2-4,6-8H2. The number of nitrogens with zero attached hydrogens (tertiary/aromatic N) is 1. The summed E-state index contributed by atoms with van der Waals surface area (Å²) in [6.07, 6.45) is 6.56. The third-order valence-corrected chi connectivity index (χ3v) is 2.79. The second-order valence-corrected chi connectivity index (χ2v) is 3.85. The second-order valence-electron chi connectivity index (χ2n) is 3.85. The van der Waals surface area contributed by atoms with E-state index >= 15 is 0 Å². The van der Waals surface area contributed by atoms with Crippen LogP contribution in [-0.2, 0) is 11.2 Å². The number of ketones is 1. The molecule has 3 heteroatoms. The van der Waals surface area contributed by atoms with E-state index in [2.05, 4.69) is 16.0 Å². The number of carbonyl (C=O) groups is 1. The predicted molar refractivity (Wildman–Crippen MR) is 55.2 cm³/mol. The van der Waals surface area contributed by atoms with Crippen LogP contribution in [0.2, 0.25) is 0 Å². The number of hydrogen-bond donors (Lipinski definition) is 1. The number of nitrogens with one attached hydrogen (secondary N) is 1. The average molecular weight is 192 g/mol. The molecule has 1 saturated heterocycles. The van der Waals surface area contributed by atoms with Crippen molar-refractivity contribution in [2.75, 3.05) is 19.6 Å². The Hall–Kier alpha value is -1.09. The molecular formula is C11H16N2O. The molecule has 0 saturated carbocycles. The number of rotatable bonds is 3. The third kappa shape index (κ3) is 2.45. The molecule has 2 rings (SSSR count). The Kier molecular flexibility index (Phi) is 2.99. The van der Waals surface area contributed by atoms with Gasteiger partial charge in [-0.25, -0.2) is 0 Å². The van der Waals surface area contributed by atoms with E-state index in [4.69, 9.17) is 0 Å². The van der Waals surface area contributed by atoms with Crippen LogP contribution in [0.5, 0.6) is 0 Å². The number of piperidine rings is 1. The van der Waals surface area contributed by atoms with Crippen LogP contribution in [0.15, 0.2) is 18.5 Å². The first-order chi connectivity index (χ1) is 6.84. The van der Waals surface area contributed by atoms with Crippen molar-refractivity contribution in [2.45, 2.75) is 19.3 Å². The molecule has 0 unspecified atom stereocenters. The Balaban J connectivity index is 1.73. The van der Waals surface area contributed by atoms with E-state index in [1.54, 1.807) is 0 Å². The van der Waals surface area contributed by atoms with Crippen LogP contribution in [0.4, 0.5) is 0 Å². The summed E-state index contributed by atoms with van der Waals surface area (Å²) >= 11 is 0. The first-order valence-corrected chi connectivity index (χ1v) is 5.20. The maximum absolute atomic E-state index is 11.0. The lowest BCUT2D eigenvalue weighted by atomic mass is 10.1. The number of H-pyrrole nitrogens is 1. The second kappa shape index (κ2) is 4.42. The summed E-state index contributed by atoms with van der Waals surface area (Å²) in [5.74, 6) is 0.419. The van der Waals surface area contributed by atoms with Gasteiger partial charge in [-0.15, -0.1) is 0 Å². The molecule has 0 aromatic carbocycles. The van der Waals surface area contributed by atoms with E-state index in [1.807, 2.05) is 12.4 Å². The fraction of sp³-hybridized carbons (Fsp3) is 0.545. The fourth-order valence-corrected chi connectivity index (χ4v) is 1.83. The van der Waals surface area contributed by atoms with E-state index < -0.39 is 0 Å². The molecule has 0 aliphatic carbocycles. The lowest BCUT2D eigenvalue weighted by molar-refractivity contribution is -0.121. The number of aromatic nitrogens is 1. The number of likely N-dealkylation sites (tertiary alicyclic amines) is 1. The Morgan fingerprint density at radius 1 is 1.36 bits per heavy atom. The topological polar surface area (TPSA) is 36.1 Å². The van der Waals surface area contributed by atoms with Gasteiger partial charge in [0.25, 0.3) is 0 Å². The number of aromatic amines is 1. The molecule has 1 aliphatic rings. The first-order valence-electron chi connectivity index (χ1n) is 5.20. The highest BCUT2D eigenvalue weighted by Gasteiger charge is 2.15. The van der Waals surface area contributed by atoms with Gasteiger partial charge in [0.15, 0.2) is 0 Å². The molecule has 0 amide bonds. The van der Waals surface area contributed by atoms with Gasteiger partial charge in [-0.1, -0.05) is 0 Å². The summed E-state index contributed by atoms with van der Waals surface area (Å²) in [5, 5.41) is 0. The summed E-state index contributed by atoms with van der Waals surface area (Å²) in [6, 6.07) is 2.11. The zero-order chi connectivity index (χ0) is 9.80. The summed E-state index contributed by atoms with van der Waals surface area (Å²) in [5.41, 5.74) is 1.35. The molecule has 0 bridgehead atoms. The van der Waals surface area contributed by atoms with Crippen LogP contribution in [0, 0.1) is 0 Å². The average Bonchev–Trinajstić information content (AvgIpc) is 2.70. The smallest absolute Gasteiger partial charge is 0.135 e. The number of hydrogen-bond acceptors (Lipinski definition) is 2. The molecule has 76 valence electrons. The molecule has 1 N–H and O–H groups in total. The molecule has 1 aromatic rings. The summed E-state index contributed by atoms with van der Waals surface area (Å²) in [7, 11) is 0. The van der Waals surface area contributed by atoms with Gasteiger partial charge in [0, 0.05) is 44.9 Å². The quantitative estimate of drug-likeness (QED) is 0.781. The van der Waals surface area contributed by atoms with Gasteiger partial charge < -0.3 is 9.88 Å². The summed E-state index contributed by atoms with van der Waals surface area (Å²) < 4.78 is 0. The van der Waals surface area contributed by atoms with Crippen LogP contribution >= 0.6 is 0 Å². The molecule has 0 spiro atoms. The maximum Gasteiger partial charge on any atom is 0.135 e. The molecule has 1 aromatic heterocycles. The highest BCUT2D eigenvalue weighted by atomic mass is 16.1. The summed E-state index contributed by atoms with van der Waals surface area (Å²) in [6.45, 7) is 2.97. The lowest BCUT2D eigenvalue weighted by Gasteiger charge is -2.25. The normalized spacial score (nSPS) is 18.7. The molecular weight excluding hydrogens is 176 g/mol. The zero-order valence-corrected chi connectivity index (χ0v) is 8.33.